The van der Waals surface area contributed by atoms with Crippen molar-refractivity contribution in [1.82, 2.24) is 0 Å². The minimum atomic E-state index is -1.04. The Balaban J connectivity index is 3.03. The molecular weight excluding hydrogens is 240 g/mol. The Morgan fingerprint density at radius 3 is 2.21 bits per heavy atom. The van der Waals surface area contributed by atoms with E-state index in [1.807, 2.05) is 6.07 Å². The predicted molar refractivity (Wildman–Crippen MR) is 69.3 cm³/mol. The molecule has 5 heteroatoms. The summed E-state index contributed by atoms with van der Waals surface area (Å²) in [4.78, 5) is 0. The van der Waals surface area contributed by atoms with Crippen molar-refractivity contribution in [2.24, 2.45) is 11.7 Å². The molecule has 0 aliphatic rings. The van der Waals surface area contributed by atoms with Crippen LogP contribution in [0.4, 0.5) is 0 Å². The standard InChI is InChI=1S/C14H12N4O/c1-19-13-4-2-10(3-5-13)6-11(7-15)14(18)12(8-16)9-17/h2-6,12,14H,18H2,1H3. The SMILES string of the molecule is COc1ccc(C=C(C#N)C(N)C(C#N)C#N)cc1. The van der Waals surface area contributed by atoms with E-state index in [0.717, 1.165) is 5.56 Å². The first-order valence-corrected chi connectivity index (χ1v) is 5.46. The van der Waals surface area contributed by atoms with Crippen molar-refractivity contribution < 1.29 is 4.74 Å². The van der Waals surface area contributed by atoms with Gasteiger partial charge in [-0.25, -0.2) is 0 Å². The highest BCUT2D eigenvalue weighted by Crippen LogP contribution is 2.16. The Morgan fingerprint density at radius 2 is 1.79 bits per heavy atom. The highest BCUT2D eigenvalue weighted by molar-refractivity contribution is 5.59. The maximum Gasteiger partial charge on any atom is 0.153 e. The second kappa shape index (κ2) is 6.81. The number of hydrogen-bond donors (Lipinski definition) is 1. The molecule has 0 saturated carbocycles. The zero-order valence-corrected chi connectivity index (χ0v) is 10.4. The van der Waals surface area contributed by atoms with E-state index in [4.69, 9.17) is 26.3 Å². The van der Waals surface area contributed by atoms with Crippen LogP contribution >= 0.6 is 0 Å². The van der Waals surface area contributed by atoms with Gasteiger partial charge in [-0.05, 0) is 23.8 Å². The smallest absolute Gasteiger partial charge is 0.153 e. The number of ether oxygens (including phenoxy) is 1. The molecule has 0 saturated heterocycles. The van der Waals surface area contributed by atoms with Gasteiger partial charge >= 0.3 is 0 Å². The lowest BCUT2D eigenvalue weighted by atomic mass is 9.95. The van der Waals surface area contributed by atoms with Crippen molar-refractivity contribution in [3.63, 3.8) is 0 Å². The quantitative estimate of drug-likeness (QED) is 0.819. The molecule has 0 aliphatic carbocycles. The molecule has 5 nitrogen and oxygen atoms in total. The first-order chi connectivity index (χ1) is 9.15. The summed E-state index contributed by atoms with van der Waals surface area (Å²) >= 11 is 0. The highest BCUT2D eigenvalue weighted by atomic mass is 16.5. The van der Waals surface area contributed by atoms with Crippen molar-refractivity contribution >= 4 is 6.08 Å². The van der Waals surface area contributed by atoms with Crippen molar-refractivity contribution in [1.29, 1.82) is 15.8 Å². The van der Waals surface area contributed by atoms with Gasteiger partial charge in [-0.15, -0.1) is 0 Å². The Morgan fingerprint density at radius 1 is 1.21 bits per heavy atom. The Hall–Kier alpha value is -2.81. The van der Waals surface area contributed by atoms with Crippen LogP contribution in [-0.2, 0) is 0 Å². The van der Waals surface area contributed by atoms with Gasteiger partial charge < -0.3 is 10.5 Å². The van der Waals surface area contributed by atoms with E-state index in [9.17, 15) is 0 Å². The molecule has 0 aliphatic heterocycles. The molecule has 1 aromatic rings. The molecule has 2 N–H and O–H groups in total. The molecule has 0 radical (unpaired) electrons. The average Bonchev–Trinajstić information content (AvgIpc) is 2.46. The monoisotopic (exact) mass is 252 g/mol. The van der Waals surface area contributed by atoms with E-state index in [1.54, 1.807) is 49.6 Å². The van der Waals surface area contributed by atoms with E-state index in [0.29, 0.717) is 5.75 Å². The first-order valence-electron chi connectivity index (χ1n) is 5.46. The van der Waals surface area contributed by atoms with Gasteiger partial charge in [0.25, 0.3) is 0 Å². The number of nitriles is 3. The summed E-state index contributed by atoms with van der Waals surface area (Å²) in [6.07, 6.45) is 1.56. The zero-order valence-electron chi connectivity index (χ0n) is 10.4. The molecule has 94 valence electrons. The van der Waals surface area contributed by atoms with Gasteiger partial charge in [0, 0.05) is 5.57 Å². The summed E-state index contributed by atoms with van der Waals surface area (Å²) in [6, 6.07) is 11.6. The van der Waals surface area contributed by atoms with E-state index < -0.39 is 12.0 Å². The number of hydrogen-bond acceptors (Lipinski definition) is 5. The number of methoxy groups -OCH3 is 1. The Bertz CT molecular complexity index is 570. The van der Waals surface area contributed by atoms with Crippen LogP contribution in [-0.4, -0.2) is 13.2 Å². The van der Waals surface area contributed by atoms with Gasteiger partial charge in [-0.3, -0.25) is 0 Å². The second-order valence-corrected chi connectivity index (χ2v) is 3.75. The third kappa shape index (κ3) is 3.57. The second-order valence-electron chi connectivity index (χ2n) is 3.75. The fourth-order valence-corrected chi connectivity index (χ4v) is 1.45. The van der Waals surface area contributed by atoms with E-state index in [1.165, 1.54) is 0 Å². The number of nitrogens with zero attached hydrogens (tertiary/aromatic N) is 3. The fraction of sp³-hybridized carbons (Fsp3) is 0.214. The molecule has 0 amide bonds. The minimum Gasteiger partial charge on any atom is -0.497 e. The lowest BCUT2D eigenvalue weighted by Crippen LogP contribution is -2.29. The Kier molecular flexibility index (Phi) is 5.11. The minimum absolute atomic E-state index is 0.193. The van der Waals surface area contributed by atoms with Crippen LogP contribution in [0.1, 0.15) is 5.56 Å². The van der Waals surface area contributed by atoms with E-state index in [-0.39, 0.29) is 5.57 Å². The molecular formula is C14H12N4O. The van der Waals surface area contributed by atoms with Crippen molar-refractivity contribution in [3.05, 3.63) is 35.4 Å². The van der Waals surface area contributed by atoms with Gasteiger partial charge in [-0.1, -0.05) is 12.1 Å². The lowest BCUT2D eigenvalue weighted by Gasteiger charge is -2.10. The Labute approximate surface area is 111 Å². The number of benzene rings is 1. The average molecular weight is 252 g/mol. The summed E-state index contributed by atoms with van der Waals surface area (Å²) in [5.74, 6) is -0.337. The summed E-state index contributed by atoms with van der Waals surface area (Å²) in [5.41, 5.74) is 6.68. The molecule has 0 bridgehead atoms. The van der Waals surface area contributed by atoms with E-state index >= 15 is 0 Å². The first kappa shape index (κ1) is 14.3. The molecule has 1 rings (SSSR count). The molecule has 19 heavy (non-hydrogen) atoms. The topological polar surface area (TPSA) is 107 Å². The van der Waals surface area contributed by atoms with Gasteiger partial charge in [0.2, 0.25) is 0 Å². The van der Waals surface area contributed by atoms with Crippen LogP contribution in [0.15, 0.2) is 29.8 Å². The molecule has 1 atom stereocenters. The van der Waals surface area contributed by atoms with E-state index in [2.05, 4.69) is 0 Å². The van der Waals surface area contributed by atoms with Gasteiger partial charge in [0.1, 0.15) is 5.75 Å². The lowest BCUT2D eigenvalue weighted by molar-refractivity contribution is 0.415. The van der Waals surface area contributed by atoms with Crippen molar-refractivity contribution in [3.8, 4) is 24.0 Å². The number of nitrogens with two attached hydrogens (primary N) is 1. The summed E-state index contributed by atoms with van der Waals surface area (Å²) < 4.78 is 5.02. The molecule has 1 aromatic carbocycles. The molecule has 1 unspecified atom stereocenters. The summed E-state index contributed by atoms with van der Waals surface area (Å²) in [6.45, 7) is 0. The third-order valence-corrected chi connectivity index (χ3v) is 2.56. The molecule has 0 fully saturated rings. The maximum absolute atomic E-state index is 9.06. The van der Waals surface area contributed by atoms with Crippen LogP contribution in [0.5, 0.6) is 5.75 Å². The normalized spacial score (nSPS) is 12.1. The largest absolute Gasteiger partial charge is 0.497 e. The van der Waals surface area contributed by atoms with Crippen LogP contribution in [0, 0.1) is 39.9 Å². The zero-order chi connectivity index (χ0) is 14.3. The van der Waals surface area contributed by atoms with Crippen LogP contribution in [0.25, 0.3) is 6.08 Å². The third-order valence-electron chi connectivity index (χ3n) is 2.56. The van der Waals surface area contributed by atoms with Crippen LogP contribution < -0.4 is 10.5 Å². The van der Waals surface area contributed by atoms with Gasteiger partial charge in [-0.2, -0.15) is 15.8 Å². The van der Waals surface area contributed by atoms with Crippen molar-refractivity contribution in [2.45, 2.75) is 6.04 Å². The van der Waals surface area contributed by atoms with Crippen LogP contribution in [0.3, 0.4) is 0 Å². The predicted octanol–water partition coefficient (Wildman–Crippen LogP) is 1.59. The van der Waals surface area contributed by atoms with Crippen LogP contribution in [0.2, 0.25) is 0 Å². The fourth-order valence-electron chi connectivity index (χ4n) is 1.45. The molecule has 0 aromatic heterocycles. The van der Waals surface area contributed by atoms with Gasteiger partial charge in [0.15, 0.2) is 5.92 Å². The van der Waals surface area contributed by atoms with Crippen molar-refractivity contribution in [2.75, 3.05) is 7.11 Å². The highest BCUT2D eigenvalue weighted by Gasteiger charge is 2.20. The summed E-state index contributed by atoms with van der Waals surface area (Å²) in [7, 11) is 1.56. The molecule has 0 spiro atoms. The van der Waals surface area contributed by atoms with Gasteiger partial charge in [0.05, 0.1) is 31.4 Å². The maximum atomic E-state index is 9.06. The molecule has 0 heterocycles. The summed E-state index contributed by atoms with van der Waals surface area (Å²) in [5, 5.41) is 26.6. The number of rotatable bonds is 4.